The van der Waals surface area contributed by atoms with Gasteiger partial charge in [0, 0.05) is 6.54 Å². The molecular weight excluding hydrogens is 282 g/mol. The third-order valence-electron chi connectivity index (χ3n) is 2.69. The van der Waals surface area contributed by atoms with Crippen LogP contribution in [0.2, 0.25) is 0 Å². The van der Waals surface area contributed by atoms with Crippen molar-refractivity contribution in [1.82, 2.24) is 5.32 Å². The van der Waals surface area contributed by atoms with Gasteiger partial charge in [-0.15, -0.1) is 0 Å². The minimum absolute atomic E-state index is 0.0264. The van der Waals surface area contributed by atoms with Crippen LogP contribution in [0.1, 0.15) is 50.0 Å². The number of benzene rings is 1. The SMILES string of the molecule is CC(=O)c1ccc(C=CCCNC(=O)OC(C)(C)C)cc1O. The molecule has 0 spiro atoms. The number of carbonyl (C=O) groups is 2. The number of rotatable bonds is 5. The summed E-state index contributed by atoms with van der Waals surface area (Å²) in [6.07, 6.45) is 3.89. The predicted molar refractivity (Wildman–Crippen MR) is 86.0 cm³/mol. The zero-order valence-electron chi connectivity index (χ0n) is 13.5. The van der Waals surface area contributed by atoms with Gasteiger partial charge in [0.2, 0.25) is 0 Å². The normalized spacial score (nSPS) is 11.5. The number of ether oxygens (including phenoxy) is 1. The molecule has 0 unspecified atom stereocenters. The molecule has 0 fully saturated rings. The standard InChI is InChI=1S/C17H23NO4/c1-12(19)14-9-8-13(11-15(14)20)7-5-6-10-18-16(21)22-17(2,3)4/h5,7-9,11,20H,6,10H2,1-4H3,(H,18,21). The maximum absolute atomic E-state index is 11.4. The number of amides is 1. The summed E-state index contributed by atoms with van der Waals surface area (Å²) in [5.41, 5.74) is 0.596. The average molecular weight is 305 g/mol. The van der Waals surface area contributed by atoms with E-state index >= 15 is 0 Å². The van der Waals surface area contributed by atoms with Crippen molar-refractivity contribution in [3.63, 3.8) is 0 Å². The van der Waals surface area contributed by atoms with Gasteiger partial charge in [-0.2, -0.15) is 0 Å². The van der Waals surface area contributed by atoms with Crippen molar-refractivity contribution < 1.29 is 19.4 Å². The second kappa shape index (κ2) is 7.64. The highest BCUT2D eigenvalue weighted by atomic mass is 16.6. The number of alkyl carbamates (subject to hydrolysis) is 1. The van der Waals surface area contributed by atoms with Crippen LogP contribution in [0, 0.1) is 0 Å². The van der Waals surface area contributed by atoms with Crippen LogP contribution in [0.3, 0.4) is 0 Å². The lowest BCUT2D eigenvalue weighted by atomic mass is 10.1. The zero-order valence-corrected chi connectivity index (χ0v) is 13.5. The minimum atomic E-state index is -0.504. The van der Waals surface area contributed by atoms with Gasteiger partial charge in [0.1, 0.15) is 11.4 Å². The summed E-state index contributed by atoms with van der Waals surface area (Å²) in [5.74, 6) is -0.198. The topological polar surface area (TPSA) is 75.6 Å². The molecule has 0 heterocycles. The largest absolute Gasteiger partial charge is 0.507 e. The van der Waals surface area contributed by atoms with E-state index in [2.05, 4.69) is 5.32 Å². The first kappa shape index (κ1) is 17.8. The molecule has 0 saturated carbocycles. The molecular formula is C17H23NO4. The molecule has 5 heteroatoms. The summed E-state index contributed by atoms with van der Waals surface area (Å²) in [4.78, 5) is 22.6. The van der Waals surface area contributed by atoms with Crippen LogP contribution in [-0.2, 0) is 4.74 Å². The summed E-state index contributed by atoms with van der Waals surface area (Å²) in [7, 11) is 0. The van der Waals surface area contributed by atoms with Crippen LogP contribution >= 0.6 is 0 Å². The fourth-order valence-corrected chi connectivity index (χ4v) is 1.74. The molecule has 0 aliphatic rings. The monoisotopic (exact) mass is 305 g/mol. The molecule has 0 aromatic heterocycles. The van der Waals surface area contributed by atoms with E-state index in [0.717, 1.165) is 5.56 Å². The zero-order chi connectivity index (χ0) is 16.8. The summed E-state index contributed by atoms with van der Waals surface area (Å²) in [6.45, 7) is 7.30. The summed E-state index contributed by atoms with van der Waals surface area (Å²) >= 11 is 0. The van der Waals surface area contributed by atoms with Gasteiger partial charge < -0.3 is 15.2 Å². The van der Waals surface area contributed by atoms with Crippen LogP contribution in [0.5, 0.6) is 5.75 Å². The van der Waals surface area contributed by atoms with Gasteiger partial charge in [0.15, 0.2) is 5.78 Å². The second-order valence-electron chi connectivity index (χ2n) is 5.95. The van der Waals surface area contributed by atoms with Crippen molar-refractivity contribution in [1.29, 1.82) is 0 Å². The molecule has 2 N–H and O–H groups in total. The Kier molecular flexibility index (Phi) is 6.16. The van der Waals surface area contributed by atoms with E-state index in [-0.39, 0.29) is 11.5 Å². The molecule has 1 aromatic rings. The van der Waals surface area contributed by atoms with Gasteiger partial charge in [-0.05, 0) is 51.8 Å². The quantitative estimate of drug-likeness (QED) is 0.644. The average Bonchev–Trinajstić information content (AvgIpc) is 2.35. The molecule has 0 saturated heterocycles. The van der Waals surface area contributed by atoms with Gasteiger partial charge >= 0.3 is 6.09 Å². The van der Waals surface area contributed by atoms with E-state index in [1.165, 1.54) is 13.0 Å². The Hall–Kier alpha value is -2.30. The van der Waals surface area contributed by atoms with Crippen LogP contribution in [0.4, 0.5) is 4.79 Å². The smallest absolute Gasteiger partial charge is 0.407 e. The maximum Gasteiger partial charge on any atom is 0.407 e. The molecule has 5 nitrogen and oxygen atoms in total. The summed E-state index contributed by atoms with van der Waals surface area (Å²) in [6, 6.07) is 4.89. The van der Waals surface area contributed by atoms with Crippen molar-refractivity contribution in [2.45, 2.75) is 39.7 Å². The number of nitrogens with one attached hydrogen (secondary N) is 1. The lowest BCUT2D eigenvalue weighted by molar-refractivity contribution is 0.0528. The number of ketones is 1. The van der Waals surface area contributed by atoms with Crippen LogP contribution in [0.15, 0.2) is 24.3 Å². The van der Waals surface area contributed by atoms with Crippen molar-refractivity contribution in [3.05, 3.63) is 35.4 Å². The van der Waals surface area contributed by atoms with Crippen molar-refractivity contribution >= 4 is 18.0 Å². The second-order valence-corrected chi connectivity index (χ2v) is 5.95. The number of phenols is 1. The number of hydrogen-bond acceptors (Lipinski definition) is 4. The molecule has 0 bridgehead atoms. The lowest BCUT2D eigenvalue weighted by Crippen LogP contribution is -2.32. The third-order valence-corrected chi connectivity index (χ3v) is 2.69. The molecule has 0 radical (unpaired) electrons. The van der Waals surface area contributed by atoms with E-state index in [9.17, 15) is 14.7 Å². The van der Waals surface area contributed by atoms with Gasteiger partial charge in [0.25, 0.3) is 0 Å². The molecule has 0 atom stereocenters. The highest BCUT2D eigenvalue weighted by molar-refractivity contribution is 5.96. The van der Waals surface area contributed by atoms with Gasteiger partial charge in [-0.1, -0.05) is 18.2 Å². The van der Waals surface area contributed by atoms with Crippen LogP contribution < -0.4 is 5.32 Å². The van der Waals surface area contributed by atoms with Crippen LogP contribution in [-0.4, -0.2) is 29.1 Å². The first-order valence-corrected chi connectivity index (χ1v) is 7.16. The highest BCUT2D eigenvalue weighted by Gasteiger charge is 2.15. The number of aromatic hydroxyl groups is 1. The number of hydrogen-bond donors (Lipinski definition) is 2. The van der Waals surface area contributed by atoms with Gasteiger partial charge in [-0.3, -0.25) is 4.79 Å². The van der Waals surface area contributed by atoms with Crippen LogP contribution in [0.25, 0.3) is 6.08 Å². The van der Waals surface area contributed by atoms with E-state index in [4.69, 9.17) is 4.74 Å². The first-order chi connectivity index (χ1) is 10.2. The molecule has 1 aromatic carbocycles. The number of Topliss-reactive ketones (excluding diaryl/α,β-unsaturated/α-hetero) is 1. The Bertz CT molecular complexity index is 571. The Balaban J connectivity index is 2.42. The first-order valence-electron chi connectivity index (χ1n) is 7.16. The maximum atomic E-state index is 11.4. The lowest BCUT2D eigenvalue weighted by Gasteiger charge is -2.19. The van der Waals surface area contributed by atoms with Gasteiger partial charge in [-0.25, -0.2) is 4.79 Å². The van der Waals surface area contributed by atoms with Crippen molar-refractivity contribution in [2.75, 3.05) is 6.54 Å². The number of phenolic OH excluding ortho intramolecular Hbond substituents is 1. The fourth-order valence-electron chi connectivity index (χ4n) is 1.74. The van der Waals surface area contributed by atoms with Gasteiger partial charge in [0.05, 0.1) is 5.56 Å². The van der Waals surface area contributed by atoms with Crippen molar-refractivity contribution in [2.24, 2.45) is 0 Å². The molecule has 1 rings (SSSR count). The Morgan fingerprint density at radius 2 is 2.00 bits per heavy atom. The molecule has 1 amide bonds. The summed E-state index contributed by atoms with van der Waals surface area (Å²) in [5, 5.41) is 12.4. The van der Waals surface area contributed by atoms with Crippen molar-refractivity contribution in [3.8, 4) is 5.75 Å². The third kappa shape index (κ3) is 6.43. The van der Waals surface area contributed by atoms with E-state index < -0.39 is 11.7 Å². The van der Waals surface area contributed by atoms with E-state index in [0.29, 0.717) is 18.5 Å². The molecule has 0 aliphatic heterocycles. The van der Waals surface area contributed by atoms with E-state index in [1.807, 2.05) is 32.9 Å². The van der Waals surface area contributed by atoms with E-state index in [1.54, 1.807) is 12.1 Å². The Morgan fingerprint density at radius 1 is 1.32 bits per heavy atom. The molecule has 0 aliphatic carbocycles. The minimum Gasteiger partial charge on any atom is -0.507 e. The molecule has 120 valence electrons. The summed E-state index contributed by atoms with van der Waals surface area (Å²) < 4.78 is 5.11. The Morgan fingerprint density at radius 3 is 2.55 bits per heavy atom. The highest BCUT2D eigenvalue weighted by Crippen LogP contribution is 2.20. The molecule has 22 heavy (non-hydrogen) atoms. The Labute approximate surface area is 131 Å². The predicted octanol–water partition coefficient (Wildman–Crippen LogP) is 3.52. The fraction of sp³-hybridized carbons (Fsp3) is 0.412. The number of carbonyl (C=O) groups excluding carboxylic acids is 2.